The lowest BCUT2D eigenvalue weighted by Gasteiger charge is -2.23. The lowest BCUT2D eigenvalue weighted by atomic mass is 9.83. The Kier molecular flexibility index (Phi) is 3.19. The molecule has 2 fully saturated rings. The van der Waals surface area contributed by atoms with Gasteiger partial charge in [-0.1, -0.05) is 6.42 Å². The maximum Gasteiger partial charge on any atom is 0.400 e. The van der Waals surface area contributed by atoms with Gasteiger partial charge in [-0.15, -0.1) is 0 Å². The molecule has 0 radical (unpaired) electrons. The van der Waals surface area contributed by atoms with Gasteiger partial charge in [-0.25, -0.2) is 4.79 Å². The first-order valence-electron chi connectivity index (χ1n) is 6.06. The minimum absolute atomic E-state index is 0.0489. The Balaban J connectivity index is 2.06. The third-order valence-corrected chi connectivity index (χ3v) is 3.92. The topological polar surface area (TPSA) is 43.4 Å². The van der Waals surface area contributed by atoms with E-state index in [0.717, 1.165) is 19.3 Å². The number of fused-ring (bicyclic) bond motifs is 2. The van der Waals surface area contributed by atoms with Gasteiger partial charge in [0.2, 0.25) is 5.78 Å². The number of carbonyl (C=O) groups is 2. The van der Waals surface area contributed by atoms with E-state index < -0.39 is 23.6 Å². The molecule has 0 aromatic carbocycles. The largest absolute Gasteiger partial charge is 0.461 e. The fourth-order valence-corrected chi connectivity index (χ4v) is 3.12. The smallest absolute Gasteiger partial charge is 0.400 e. The van der Waals surface area contributed by atoms with Crippen LogP contribution in [0, 0.1) is 17.8 Å². The Bertz CT molecular complexity index is 341. The van der Waals surface area contributed by atoms with Crippen molar-refractivity contribution >= 4 is 11.8 Å². The molecule has 3 nitrogen and oxygen atoms in total. The molecule has 2 saturated carbocycles. The van der Waals surface area contributed by atoms with Gasteiger partial charge in [-0.2, -0.15) is 8.78 Å². The highest BCUT2D eigenvalue weighted by Gasteiger charge is 2.56. The summed E-state index contributed by atoms with van der Waals surface area (Å²) < 4.78 is 31.4. The number of ketones is 1. The van der Waals surface area contributed by atoms with Gasteiger partial charge in [-0.05, 0) is 38.0 Å². The Morgan fingerprint density at radius 3 is 2.47 bits per heavy atom. The van der Waals surface area contributed by atoms with E-state index in [0.29, 0.717) is 12.3 Å². The Hall–Kier alpha value is -1.00. The van der Waals surface area contributed by atoms with Crippen molar-refractivity contribution in [3.05, 3.63) is 0 Å². The molecule has 17 heavy (non-hydrogen) atoms. The van der Waals surface area contributed by atoms with Gasteiger partial charge in [0.05, 0.1) is 6.61 Å². The fraction of sp³-hybridized carbons (Fsp3) is 0.833. The first kappa shape index (κ1) is 12.5. The number of hydrogen-bond acceptors (Lipinski definition) is 3. The normalized spacial score (nSPS) is 31.6. The van der Waals surface area contributed by atoms with Gasteiger partial charge in [0.15, 0.2) is 0 Å². The summed E-state index contributed by atoms with van der Waals surface area (Å²) in [5.41, 5.74) is 0. The number of carbonyl (C=O) groups excluding carboxylic acids is 2. The molecular formula is C12H16F2O3. The standard InChI is InChI=1S/C12H16F2O3/c1-2-17-11(16)12(13,14)10(15)9-6-7-3-4-8(9)5-7/h7-9H,2-6H2,1H3. The first-order valence-corrected chi connectivity index (χ1v) is 6.06. The zero-order chi connectivity index (χ0) is 12.6. The maximum absolute atomic E-state index is 13.6. The number of hydrogen-bond donors (Lipinski definition) is 0. The van der Waals surface area contributed by atoms with Gasteiger partial charge in [0.25, 0.3) is 0 Å². The Morgan fingerprint density at radius 2 is 2.00 bits per heavy atom. The highest BCUT2D eigenvalue weighted by atomic mass is 19.3. The van der Waals surface area contributed by atoms with Crippen molar-refractivity contribution in [2.45, 2.75) is 38.5 Å². The van der Waals surface area contributed by atoms with Crippen LogP contribution in [0.5, 0.6) is 0 Å². The minimum Gasteiger partial charge on any atom is -0.461 e. The molecule has 2 aliphatic rings. The van der Waals surface area contributed by atoms with E-state index in [1.54, 1.807) is 0 Å². The van der Waals surface area contributed by atoms with Crippen LogP contribution in [0.15, 0.2) is 0 Å². The number of esters is 1. The second-order valence-corrected chi connectivity index (χ2v) is 4.94. The van der Waals surface area contributed by atoms with Crippen LogP contribution in [0.1, 0.15) is 32.6 Å². The number of Topliss-reactive ketones (excluding diaryl/α,β-unsaturated/α-hetero) is 1. The summed E-state index contributed by atoms with van der Waals surface area (Å²) >= 11 is 0. The Labute approximate surface area is 98.5 Å². The predicted octanol–water partition coefficient (Wildman–Crippen LogP) is 2.19. The zero-order valence-electron chi connectivity index (χ0n) is 9.75. The van der Waals surface area contributed by atoms with E-state index in [4.69, 9.17) is 0 Å². The van der Waals surface area contributed by atoms with Gasteiger partial charge in [0, 0.05) is 5.92 Å². The summed E-state index contributed by atoms with van der Waals surface area (Å²) in [6.45, 7) is 1.30. The average Bonchev–Trinajstić information content (AvgIpc) is 2.89. The highest BCUT2D eigenvalue weighted by Crippen LogP contribution is 2.50. The summed E-state index contributed by atoms with van der Waals surface area (Å²) in [7, 11) is 0. The summed E-state index contributed by atoms with van der Waals surface area (Å²) in [5, 5.41) is 0. The molecule has 0 spiro atoms. The van der Waals surface area contributed by atoms with Crippen LogP contribution in [0.25, 0.3) is 0 Å². The van der Waals surface area contributed by atoms with Crippen molar-refractivity contribution in [1.82, 2.24) is 0 Å². The first-order chi connectivity index (χ1) is 7.96. The van der Waals surface area contributed by atoms with E-state index in [-0.39, 0.29) is 12.5 Å². The molecule has 3 unspecified atom stereocenters. The average molecular weight is 246 g/mol. The monoisotopic (exact) mass is 246 g/mol. The molecule has 0 aromatic rings. The second-order valence-electron chi connectivity index (χ2n) is 4.94. The molecule has 0 amide bonds. The molecule has 0 heterocycles. The van der Waals surface area contributed by atoms with Crippen molar-refractivity contribution < 1.29 is 23.1 Å². The van der Waals surface area contributed by atoms with Crippen molar-refractivity contribution in [2.75, 3.05) is 6.61 Å². The molecule has 0 saturated heterocycles. The number of alkyl halides is 2. The maximum atomic E-state index is 13.6. The van der Waals surface area contributed by atoms with E-state index in [2.05, 4.69) is 4.74 Å². The SMILES string of the molecule is CCOC(=O)C(F)(F)C(=O)C1CC2CCC1C2. The molecule has 2 aliphatic carbocycles. The molecule has 0 aromatic heterocycles. The molecule has 2 rings (SSSR count). The lowest BCUT2D eigenvalue weighted by molar-refractivity contribution is -0.179. The van der Waals surface area contributed by atoms with Crippen molar-refractivity contribution in [1.29, 1.82) is 0 Å². The van der Waals surface area contributed by atoms with Crippen LogP contribution in [0.3, 0.4) is 0 Å². The molecule has 3 atom stereocenters. The molecular weight excluding hydrogens is 230 g/mol. The Morgan fingerprint density at radius 1 is 1.29 bits per heavy atom. The molecule has 5 heteroatoms. The summed E-state index contributed by atoms with van der Waals surface area (Å²) in [6, 6.07) is 0. The lowest BCUT2D eigenvalue weighted by Crippen LogP contribution is -2.44. The van der Waals surface area contributed by atoms with Crippen LogP contribution < -0.4 is 0 Å². The molecule has 0 aliphatic heterocycles. The highest BCUT2D eigenvalue weighted by molar-refractivity contribution is 6.06. The molecule has 0 N–H and O–H groups in total. The van der Waals surface area contributed by atoms with E-state index in [9.17, 15) is 18.4 Å². The van der Waals surface area contributed by atoms with Gasteiger partial charge in [0.1, 0.15) is 0 Å². The third-order valence-electron chi connectivity index (χ3n) is 3.92. The minimum atomic E-state index is -3.97. The van der Waals surface area contributed by atoms with E-state index in [1.165, 1.54) is 6.92 Å². The van der Waals surface area contributed by atoms with E-state index in [1.807, 2.05) is 0 Å². The summed E-state index contributed by atoms with van der Waals surface area (Å²) in [6.07, 6.45) is 3.23. The second kappa shape index (κ2) is 4.35. The molecule has 96 valence electrons. The van der Waals surface area contributed by atoms with Crippen LogP contribution in [-0.4, -0.2) is 24.3 Å². The number of ether oxygens (including phenoxy) is 1. The van der Waals surface area contributed by atoms with Crippen molar-refractivity contribution in [2.24, 2.45) is 17.8 Å². The zero-order valence-corrected chi connectivity index (χ0v) is 9.75. The van der Waals surface area contributed by atoms with Crippen LogP contribution in [-0.2, 0) is 14.3 Å². The van der Waals surface area contributed by atoms with Crippen molar-refractivity contribution in [3.8, 4) is 0 Å². The van der Waals surface area contributed by atoms with E-state index >= 15 is 0 Å². The van der Waals surface area contributed by atoms with Crippen LogP contribution in [0.2, 0.25) is 0 Å². The quantitative estimate of drug-likeness (QED) is 0.564. The summed E-state index contributed by atoms with van der Waals surface area (Å²) in [4.78, 5) is 22.8. The number of halogens is 2. The summed E-state index contributed by atoms with van der Waals surface area (Å²) in [5.74, 6) is -7.10. The van der Waals surface area contributed by atoms with Crippen LogP contribution >= 0.6 is 0 Å². The van der Waals surface area contributed by atoms with Gasteiger partial charge >= 0.3 is 11.9 Å². The van der Waals surface area contributed by atoms with Gasteiger partial charge < -0.3 is 4.74 Å². The van der Waals surface area contributed by atoms with Crippen molar-refractivity contribution in [3.63, 3.8) is 0 Å². The predicted molar refractivity (Wildman–Crippen MR) is 55.5 cm³/mol. The van der Waals surface area contributed by atoms with Crippen LogP contribution in [0.4, 0.5) is 8.78 Å². The fourth-order valence-electron chi connectivity index (χ4n) is 3.12. The number of rotatable bonds is 4. The van der Waals surface area contributed by atoms with Gasteiger partial charge in [-0.3, -0.25) is 4.79 Å². The molecule has 2 bridgehead atoms. The third kappa shape index (κ3) is 2.07.